The molecule has 2 aromatic rings. The Labute approximate surface area is 141 Å². The number of piperazine rings is 1. The van der Waals surface area contributed by atoms with Gasteiger partial charge in [0.2, 0.25) is 5.91 Å². The van der Waals surface area contributed by atoms with E-state index >= 15 is 0 Å². The normalized spacial score (nSPS) is 15.2. The molecule has 1 heterocycles. The summed E-state index contributed by atoms with van der Waals surface area (Å²) < 4.78 is 0. The second kappa shape index (κ2) is 7.34. The van der Waals surface area contributed by atoms with Crippen molar-refractivity contribution in [2.45, 2.75) is 0 Å². The molecule has 0 aromatic heterocycles. The summed E-state index contributed by atoms with van der Waals surface area (Å²) in [5, 5.41) is 0.697. The molecular weight excluding hydrogens is 308 g/mol. The van der Waals surface area contributed by atoms with Crippen LogP contribution >= 0.6 is 11.6 Å². The molecule has 1 fully saturated rings. The number of nitrogens with zero attached hydrogens (tertiary/aromatic N) is 2. The van der Waals surface area contributed by atoms with Crippen LogP contribution in [0.5, 0.6) is 0 Å². The van der Waals surface area contributed by atoms with Crippen molar-refractivity contribution >= 4 is 29.3 Å². The minimum absolute atomic E-state index is 0.0524. The zero-order chi connectivity index (χ0) is 16.1. The van der Waals surface area contributed by atoms with E-state index in [1.165, 1.54) is 0 Å². The average molecular weight is 326 g/mol. The van der Waals surface area contributed by atoms with Crippen LogP contribution in [-0.2, 0) is 4.79 Å². The molecule has 0 saturated carbocycles. The number of carbonyl (C=O) groups is 1. The lowest BCUT2D eigenvalue weighted by Gasteiger charge is -2.35. The summed E-state index contributed by atoms with van der Waals surface area (Å²) in [6, 6.07) is 18.6. The van der Waals surface area contributed by atoms with E-state index in [0.717, 1.165) is 37.4 Å². The number of rotatable bonds is 3. The van der Waals surface area contributed by atoms with Crippen LogP contribution in [-0.4, -0.2) is 37.0 Å². The lowest BCUT2D eigenvalue weighted by atomic mass is 10.2. The summed E-state index contributed by atoms with van der Waals surface area (Å²) in [4.78, 5) is 16.4. The minimum atomic E-state index is 0.0524. The molecule has 117 valence electrons. The number of para-hydroxylation sites is 1. The first kappa shape index (κ1) is 15.6. The van der Waals surface area contributed by atoms with Crippen molar-refractivity contribution in [3.63, 3.8) is 0 Å². The van der Waals surface area contributed by atoms with Gasteiger partial charge in [0.1, 0.15) is 0 Å². The number of hydrogen-bond acceptors (Lipinski definition) is 2. The standard InChI is InChI=1S/C19H18ClN2O/c20-17-9-6-16(7-10-17)8-11-19(23)22-14-12-21(13-15-22)18-4-2-1-3-5-18/h1-4,6-11H,12-15H2/b11-8+. The molecule has 1 aliphatic rings. The molecule has 0 atom stereocenters. The molecule has 1 radical (unpaired) electrons. The van der Waals surface area contributed by atoms with Gasteiger partial charge in [0, 0.05) is 49.0 Å². The summed E-state index contributed by atoms with van der Waals surface area (Å²) in [5.74, 6) is 0.0524. The van der Waals surface area contributed by atoms with Crippen LogP contribution < -0.4 is 4.90 Å². The summed E-state index contributed by atoms with van der Waals surface area (Å²) in [6.07, 6.45) is 3.46. The third-order valence-electron chi connectivity index (χ3n) is 3.91. The Morgan fingerprint density at radius 1 is 1.04 bits per heavy atom. The van der Waals surface area contributed by atoms with Crippen LogP contribution in [0.3, 0.4) is 0 Å². The van der Waals surface area contributed by atoms with Crippen molar-refractivity contribution in [2.75, 3.05) is 31.1 Å². The van der Waals surface area contributed by atoms with E-state index in [4.69, 9.17) is 11.6 Å². The number of halogens is 1. The number of anilines is 1. The lowest BCUT2D eigenvalue weighted by molar-refractivity contribution is -0.126. The zero-order valence-electron chi connectivity index (χ0n) is 12.8. The summed E-state index contributed by atoms with van der Waals surface area (Å²) >= 11 is 5.85. The SMILES string of the molecule is O=C(/C=C/c1ccc(Cl)cc1)N1CCN(c2[c]cccc2)CC1. The van der Waals surface area contributed by atoms with E-state index in [1.54, 1.807) is 6.08 Å². The van der Waals surface area contributed by atoms with Gasteiger partial charge >= 0.3 is 0 Å². The maximum atomic E-state index is 12.3. The maximum Gasteiger partial charge on any atom is 0.246 e. The fourth-order valence-electron chi connectivity index (χ4n) is 2.60. The predicted octanol–water partition coefficient (Wildman–Crippen LogP) is 3.50. The van der Waals surface area contributed by atoms with E-state index in [-0.39, 0.29) is 5.91 Å². The van der Waals surface area contributed by atoms with E-state index in [9.17, 15) is 4.79 Å². The van der Waals surface area contributed by atoms with Gasteiger partial charge in [0.25, 0.3) is 0 Å². The number of amides is 1. The van der Waals surface area contributed by atoms with Crippen molar-refractivity contribution in [1.82, 2.24) is 4.90 Å². The first-order chi connectivity index (χ1) is 11.2. The van der Waals surface area contributed by atoms with E-state index in [2.05, 4.69) is 17.0 Å². The molecule has 0 N–H and O–H groups in total. The van der Waals surface area contributed by atoms with Gasteiger partial charge in [0.15, 0.2) is 0 Å². The van der Waals surface area contributed by atoms with Gasteiger partial charge in [-0.05, 0) is 29.8 Å². The molecule has 0 bridgehead atoms. The Balaban J connectivity index is 1.55. The third-order valence-corrected chi connectivity index (χ3v) is 4.17. The van der Waals surface area contributed by atoms with Gasteiger partial charge in [-0.3, -0.25) is 4.79 Å². The quantitative estimate of drug-likeness (QED) is 0.806. The average Bonchev–Trinajstić information content (AvgIpc) is 2.62. The Morgan fingerprint density at radius 2 is 1.78 bits per heavy atom. The molecule has 2 aromatic carbocycles. The Morgan fingerprint density at radius 3 is 2.43 bits per heavy atom. The fourth-order valence-corrected chi connectivity index (χ4v) is 2.72. The number of benzene rings is 2. The van der Waals surface area contributed by atoms with Crippen molar-refractivity contribution in [2.24, 2.45) is 0 Å². The van der Waals surface area contributed by atoms with Crippen LogP contribution in [0.15, 0.2) is 54.6 Å². The Hall–Kier alpha value is -2.26. The molecular formula is C19H18ClN2O. The van der Waals surface area contributed by atoms with E-state index in [0.29, 0.717) is 5.02 Å². The highest BCUT2D eigenvalue weighted by molar-refractivity contribution is 6.30. The summed E-state index contributed by atoms with van der Waals surface area (Å²) in [5.41, 5.74) is 2.07. The van der Waals surface area contributed by atoms with Gasteiger partial charge < -0.3 is 9.80 Å². The topological polar surface area (TPSA) is 23.6 Å². The van der Waals surface area contributed by atoms with E-state index in [1.807, 2.05) is 53.4 Å². The minimum Gasteiger partial charge on any atom is -0.367 e. The van der Waals surface area contributed by atoms with Crippen LogP contribution in [0.25, 0.3) is 6.08 Å². The molecule has 0 spiro atoms. The lowest BCUT2D eigenvalue weighted by Crippen LogP contribution is -2.48. The number of hydrogen-bond donors (Lipinski definition) is 0. The molecule has 0 unspecified atom stereocenters. The Kier molecular flexibility index (Phi) is 4.99. The second-order valence-corrected chi connectivity index (χ2v) is 5.88. The third kappa shape index (κ3) is 4.14. The zero-order valence-corrected chi connectivity index (χ0v) is 13.5. The summed E-state index contributed by atoms with van der Waals surface area (Å²) in [6.45, 7) is 3.13. The fraction of sp³-hybridized carbons (Fsp3) is 0.211. The van der Waals surface area contributed by atoms with Gasteiger partial charge in [-0.15, -0.1) is 0 Å². The van der Waals surface area contributed by atoms with Crippen LogP contribution in [0.2, 0.25) is 5.02 Å². The highest BCUT2D eigenvalue weighted by Gasteiger charge is 2.19. The first-order valence-corrected chi connectivity index (χ1v) is 8.04. The summed E-state index contributed by atoms with van der Waals surface area (Å²) in [7, 11) is 0. The molecule has 23 heavy (non-hydrogen) atoms. The van der Waals surface area contributed by atoms with Crippen molar-refractivity contribution in [1.29, 1.82) is 0 Å². The van der Waals surface area contributed by atoms with Crippen molar-refractivity contribution < 1.29 is 4.79 Å². The predicted molar refractivity (Wildman–Crippen MR) is 94.6 cm³/mol. The number of carbonyl (C=O) groups excluding carboxylic acids is 1. The van der Waals surface area contributed by atoms with Crippen molar-refractivity contribution in [3.8, 4) is 0 Å². The van der Waals surface area contributed by atoms with Gasteiger partial charge in [-0.25, -0.2) is 0 Å². The first-order valence-electron chi connectivity index (χ1n) is 7.66. The highest BCUT2D eigenvalue weighted by atomic mass is 35.5. The van der Waals surface area contributed by atoms with Gasteiger partial charge in [-0.1, -0.05) is 41.9 Å². The molecule has 3 nitrogen and oxygen atoms in total. The van der Waals surface area contributed by atoms with Crippen molar-refractivity contribution in [3.05, 3.63) is 71.3 Å². The second-order valence-electron chi connectivity index (χ2n) is 5.45. The monoisotopic (exact) mass is 325 g/mol. The maximum absolute atomic E-state index is 12.3. The van der Waals surface area contributed by atoms with Crippen LogP contribution in [0.1, 0.15) is 5.56 Å². The smallest absolute Gasteiger partial charge is 0.246 e. The molecule has 0 aliphatic carbocycles. The Bertz CT molecular complexity index is 674. The molecule has 1 saturated heterocycles. The molecule has 4 heteroatoms. The van der Waals surface area contributed by atoms with E-state index < -0.39 is 0 Å². The van der Waals surface area contributed by atoms with Crippen LogP contribution in [0, 0.1) is 6.07 Å². The molecule has 1 aliphatic heterocycles. The molecule has 3 rings (SSSR count). The van der Waals surface area contributed by atoms with Gasteiger partial charge in [-0.2, -0.15) is 0 Å². The largest absolute Gasteiger partial charge is 0.367 e. The van der Waals surface area contributed by atoms with Gasteiger partial charge in [0.05, 0.1) is 0 Å². The van der Waals surface area contributed by atoms with Crippen LogP contribution in [0.4, 0.5) is 5.69 Å². The molecule has 1 amide bonds. The highest BCUT2D eigenvalue weighted by Crippen LogP contribution is 2.15.